The maximum Gasteiger partial charge on any atom is 0.205 e. The van der Waals surface area contributed by atoms with Gasteiger partial charge in [0.05, 0.1) is 10.6 Å². The lowest BCUT2D eigenvalue weighted by molar-refractivity contribution is 0.104. The van der Waals surface area contributed by atoms with E-state index in [0.29, 0.717) is 0 Å². The average molecular weight is 288 g/mol. The Bertz CT molecular complexity index is 604. The first-order valence-electron chi connectivity index (χ1n) is 7.01. The first-order valence-corrected chi connectivity index (χ1v) is 7.82. The van der Waals surface area contributed by atoms with Crippen molar-refractivity contribution in [3.63, 3.8) is 0 Å². The molecule has 0 atom stereocenters. The highest BCUT2D eigenvalue weighted by Gasteiger charge is 2.18. The van der Waals surface area contributed by atoms with Crippen molar-refractivity contribution in [2.75, 3.05) is 11.9 Å². The minimum absolute atomic E-state index is 0.0852. The van der Waals surface area contributed by atoms with Crippen LogP contribution in [0, 0.1) is 6.92 Å². The third-order valence-electron chi connectivity index (χ3n) is 3.17. The normalized spacial score (nSPS) is 10.6. The van der Waals surface area contributed by atoms with Gasteiger partial charge in [0.2, 0.25) is 5.78 Å². The number of hydrogen-bond acceptors (Lipinski definition) is 4. The second-order valence-electron chi connectivity index (χ2n) is 4.70. The molecule has 0 spiro atoms. The molecule has 0 saturated carbocycles. The summed E-state index contributed by atoms with van der Waals surface area (Å²) in [5.74, 6) is 0.0852. The summed E-state index contributed by atoms with van der Waals surface area (Å²) in [4.78, 5) is 17.9. The van der Waals surface area contributed by atoms with Crippen LogP contribution in [0.25, 0.3) is 0 Å². The first-order chi connectivity index (χ1) is 9.67. The Morgan fingerprint density at radius 3 is 2.75 bits per heavy atom. The van der Waals surface area contributed by atoms with Gasteiger partial charge < -0.3 is 5.32 Å². The molecule has 0 aliphatic heterocycles. The van der Waals surface area contributed by atoms with Gasteiger partial charge in [-0.25, -0.2) is 4.98 Å². The third-order valence-corrected chi connectivity index (χ3v) is 4.29. The summed E-state index contributed by atoms with van der Waals surface area (Å²) in [7, 11) is 0. The molecule has 2 rings (SSSR count). The zero-order chi connectivity index (χ0) is 14.5. The van der Waals surface area contributed by atoms with Gasteiger partial charge in [-0.15, -0.1) is 0 Å². The Morgan fingerprint density at radius 1 is 1.30 bits per heavy atom. The van der Waals surface area contributed by atoms with Gasteiger partial charge in [-0.2, -0.15) is 0 Å². The van der Waals surface area contributed by atoms with Crippen LogP contribution in [0.2, 0.25) is 0 Å². The van der Waals surface area contributed by atoms with E-state index in [0.717, 1.165) is 46.2 Å². The Kier molecular flexibility index (Phi) is 4.90. The molecule has 2 aromatic rings. The molecule has 0 saturated heterocycles. The number of ketones is 1. The van der Waals surface area contributed by atoms with Crippen molar-refractivity contribution in [3.05, 3.63) is 46.0 Å². The summed E-state index contributed by atoms with van der Waals surface area (Å²) in [5, 5.41) is 4.08. The number of aryl methyl sites for hydroxylation is 2. The molecule has 1 aromatic heterocycles. The Morgan fingerprint density at radius 2 is 2.05 bits per heavy atom. The molecule has 0 fully saturated rings. The number of thiazole rings is 1. The van der Waals surface area contributed by atoms with E-state index in [9.17, 15) is 4.79 Å². The molecule has 0 aliphatic carbocycles. The fourth-order valence-electron chi connectivity index (χ4n) is 2.09. The number of anilines is 1. The van der Waals surface area contributed by atoms with Gasteiger partial charge in [0, 0.05) is 12.1 Å². The standard InChI is InChI=1S/C16H20N2OS/c1-4-10-17-16-18-11(3)15(20-16)14(19)13-9-7-6-8-12(13)5-2/h6-9H,4-5,10H2,1-3H3,(H,17,18). The van der Waals surface area contributed by atoms with Crippen molar-refractivity contribution in [2.24, 2.45) is 0 Å². The second kappa shape index (κ2) is 6.66. The lowest BCUT2D eigenvalue weighted by atomic mass is 10.0. The maximum atomic E-state index is 12.7. The van der Waals surface area contributed by atoms with Crippen LogP contribution in [0.1, 0.15) is 46.8 Å². The summed E-state index contributed by atoms with van der Waals surface area (Å²) in [5.41, 5.74) is 2.70. The van der Waals surface area contributed by atoms with Crippen molar-refractivity contribution in [1.82, 2.24) is 4.98 Å². The molecule has 4 heteroatoms. The van der Waals surface area contributed by atoms with Gasteiger partial charge in [-0.05, 0) is 25.3 Å². The lowest BCUT2D eigenvalue weighted by Crippen LogP contribution is -2.04. The predicted octanol–water partition coefficient (Wildman–Crippen LogP) is 4.07. The Balaban J connectivity index is 2.31. The third kappa shape index (κ3) is 3.07. The molecule has 1 N–H and O–H groups in total. The predicted molar refractivity (Wildman–Crippen MR) is 84.9 cm³/mol. The molecule has 1 aromatic carbocycles. The highest BCUT2D eigenvalue weighted by Crippen LogP contribution is 2.26. The van der Waals surface area contributed by atoms with Crippen molar-refractivity contribution >= 4 is 22.3 Å². The Labute approximate surface area is 124 Å². The largest absolute Gasteiger partial charge is 0.362 e. The molecule has 0 bridgehead atoms. The van der Waals surface area contributed by atoms with E-state index in [1.165, 1.54) is 11.3 Å². The van der Waals surface area contributed by atoms with Crippen LogP contribution in [0.5, 0.6) is 0 Å². The molecule has 106 valence electrons. The summed E-state index contributed by atoms with van der Waals surface area (Å²) < 4.78 is 0. The SMILES string of the molecule is CCCNc1nc(C)c(C(=O)c2ccccc2CC)s1. The molecule has 0 amide bonds. The van der Waals surface area contributed by atoms with Crippen LogP contribution in [0.3, 0.4) is 0 Å². The summed E-state index contributed by atoms with van der Waals surface area (Å²) in [6.45, 7) is 6.96. The molecule has 0 unspecified atom stereocenters. The van der Waals surface area contributed by atoms with E-state index in [-0.39, 0.29) is 5.78 Å². The van der Waals surface area contributed by atoms with Crippen LogP contribution in [-0.2, 0) is 6.42 Å². The summed E-state index contributed by atoms with van der Waals surface area (Å²) in [6.07, 6.45) is 1.90. The van der Waals surface area contributed by atoms with Gasteiger partial charge in [-0.3, -0.25) is 4.79 Å². The number of nitrogens with zero attached hydrogens (tertiary/aromatic N) is 1. The van der Waals surface area contributed by atoms with Crippen LogP contribution in [-0.4, -0.2) is 17.3 Å². The van der Waals surface area contributed by atoms with Crippen molar-refractivity contribution < 1.29 is 4.79 Å². The number of rotatable bonds is 6. The molecular formula is C16H20N2OS. The van der Waals surface area contributed by atoms with E-state index >= 15 is 0 Å². The van der Waals surface area contributed by atoms with Gasteiger partial charge in [0.1, 0.15) is 0 Å². The number of aromatic nitrogens is 1. The fourth-order valence-corrected chi connectivity index (χ4v) is 3.03. The summed E-state index contributed by atoms with van der Waals surface area (Å²) >= 11 is 1.45. The molecule has 3 nitrogen and oxygen atoms in total. The van der Waals surface area contributed by atoms with E-state index in [1.54, 1.807) is 0 Å². The van der Waals surface area contributed by atoms with Crippen molar-refractivity contribution in [2.45, 2.75) is 33.6 Å². The summed E-state index contributed by atoms with van der Waals surface area (Å²) in [6, 6.07) is 7.81. The molecule has 0 aliphatic rings. The number of nitrogens with one attached hydrogen (secondary N) is 1. The van der Waals surface area contributed by atoms with Crippen LogP contribution in [0.4, 0.5) is 5.13 Å². The Hall–Kier alpha value is -1.68. The second-order valence-corrected chi connectivity index (χ2v) is 5.70. The van der Waals surface area contributed by atoms with E-state index in [1.807, 2.05) is 31.2 Å². The molecule has 0 radical (unpaired) electrons. The molecule has 20 heavy (non-hydrogen) atoms. The first kappa shape index (κ1) is 14.7. The van der Waals surface area contributed by atoms with Crippen molar-refractivity contribution in [1.29, 1.82) is 0 Å². The maximum absolute atomic E-state index is 12.7. The van der Waals surface area contributed by atoms with Gasteiger partial charge >= 0.3 is 0 Å². The van der Waals surface area contributed by atoms with Crippen molar-refractivity contribution in [3.8, 4) is 0 Å². The molecular weight excluding hydrogens is 268 g/mol. The van der Waals surface area contributed by atoms with E-state index in [4.69, 9.17) is 0 Å². The zero-order valence-electron chi connectivity index (χ0n) is 12.2. The van der Waals surface area contributed by atoms with E-state index in [2.05, 4.69) is 24.1 Å². The van der Waals surface area contributed by atoms with Gasteiger partial charge in [0.15, 0.2) is 5.13 Å². The van der Waals surface area contributed by atoms with Crippen LogP contribution < -0.4 is 5.32 Å². The van der Waals surface area contributed by atoms with Gasteiger partial charge in [0.25, 0.3) is 0 Å². The quantitative estimate of drug-likeness (QED) is 0.815. The average Bonchev–Trinajstić information content (AvgIpc) is 2.85. The highest BCUT2D eigenvalue weighted by atomic mass is 32.1. The monoisotopic (exact) mass is 288 g/mol. The fraction of sp³-hybridized carbons (Fsp3) is 0.375. The minimum Gasteiger partial charge on any atom is -0.362 e. The minimum atomic E-state index is 0.0852. The number of carbonyl (C=O) groups excluding carboxylic acids is 1. The highest BCUT2D eigenvalue weighted by molar-refractivity contribution is 7.17. The molecule has 1 heterocycles. The smallest absolute Gasteiger partial charge is 0.205 e. The number of benzene rings is 1. The van der Waals surface area contributed by atoms with Gasteiger partial charge in [-0.1, -0.05) is 49.4 Å². The van der Waals surface area contributed by atoms with E-state index < -0.39 is 0 Å². The van der Waals surface area contributed by atoms with Crippen LogP contribution in [0.15, 0.2) is 24.3 Å². The zero-order valence-corrected chi connectivity index (χ0v) is 13.0. The number of carbonyl (C=O) groups is 1. The lowest BCUT2D eigenvalue weighted by Gasteiger charge is -2.05. The van der Waals surface area contributed by atoms with Crippen LogP contribution >= 0.6 is 11.3 Å². The topological polar surface area (TPSA) is 42.0 Å². The number of hydrogen-bond donors (Lipinski definition) is 1.